The van der Waals surface area contributed by atoms with Gasteiger partial charge in [0.25, 0.3) is 0 Å². The number of ketones is 1. The Balaban J connectivity index is 1.68. The third-order valence-electron chi connectivity index (χ3n) is 4.13. The number of carbonyl (C=O) groups excluding carboxylic acids is 2. The summed E-state index contributed by atoms with van der Waals surface area (Å²) in [6.45, 7) is 0.425. The fourth-order valence-electron chi connectivity index (χ4n) is 2.63. The summed E-state index contributed by atoms with van der Waals surface area (Å²) >= 11 is 0. The van der Waals surface area contributed by atoms with Crippen molar-refractivity contribution in [3.8, 4) is 5.75 Å². The minimum atomic E-state index is -0.970. The number of methoxy groups -OCH3 is 1. The number of carboxylic acid groups (broad SMARTS) is 1. The van der Waals surface area contributed by atoms with Crippen LogP contribution in [0.15, 0.2) is 48.5 Å². The second-order valence-corrected chi connectivity index (χ2v) is 6.11. The molecule has 0 aliphatic rings. The van der Waals surface area contributed by atoms with E-state index in [4.69, 9.17) is 9.84 Å². The third kappa shape index (κ3) is 6.58. The molecule has 0 atom stereocenters. The molecule has 2 aromatic rings. The maximum absolute atomic E-state index is 12.1. The van der Waals surface area contributed by atoms with Crippen LogP contribution in [0.5, 0.6) is 5.75 Å². The first-order valence-corrected chi connectivity index (χ1v) is 8.76. The summed E-state index contributed by atoms with van der Waals surface area (Å²) in [4.78, 5) is 34.9. The van der Waals surface area contributed by atoms with E-state index in [1.54, 1.807) is 43.5 Å². The molecule has 0 spiro atoms. The predicted molar refractivity (Wildman–Crippen MR) is 101 cm³/mol. The van der Waals surface area contributed by atoms with E-state index in [2.05, 4.69) is 5.32 Å². The zero-order chi connectivity index (χ0) is 19.6. The summed E-state index contributed by atoms with van der Waals surface area (Å²) in [7, 11) is 1.57. The van der Waals surface area contributed by atoms with Gasteiger partial charge >= 0.3 is 5.97 Å². The highest BCUT2D eigenvalue weighted by Crippen LogP contribution is 2.14. The van der Waals surface area contributed by atoms with E-state index in [0.29, 0.717) is 37.1 Å². The first-order chi connectivity index (χ1) is 13.0. The van der Waals surface area contributed by atoms with Crippen LogP contribution in [0, 0.1) is 0 Å². The number of nitrogens with one attached hydrogen (secondary N) is 1. The molecule has 6 heteroatoms. The molecule has 2 rings (SSSR count). The molecular formula is C21H23NO5. The number of ether oxygens (including phenoxy) is 1. The van der Waals surface area contributed by atoms with Crippen LogP contribution in [-0.4, -0.2) is 36.4 Å². The van der Waals surface area contributed by atoms with E-state index < -0.39 is 5.97 Å². The molecular weight excluding hydrogens is 346 g/mol. The Hall–Kier alpha value is -3.15. The Kier molecular flexibility index (Phi) is 7.55. The minimum Gasteiger partial charge on any atom is -0.497 e. The van der Waals surface area contributed by atoms with Crippen molar-refractivity contribution >= 4 is 17.7 Å². The van der Waals surface area contributed by atoms with Crippen LogP contribution in [0.2, 0.25) is 0 Å². The van der Waals surface area contributed by atoms with Crippen molar-refractivity contribution in [2.24, 2.45) is 0 Å². The second kappa shape index (κ2) is 10.1. The first-order valence-electron chi connectivity index (χ1n) is 8.76. The molecule has 142 valence electrons. The maximum Gasteiger partial charge on any atom is 0.335 e. The quantitative estimate of drug-likeness (QED) is 0.628. The fraction of sp³-hybridized carbons (Fsp3) is 0.286. The van der Waals surface area contributed by atoms with Gasteiger partial charge in [-0.05, 0) is 54.8 Å². The lowest BCUT2D eigenvalue weighted by atomic mass is 10.1. The maximum atomic E-state index is 12.1. The minimum absolute atomic E-state index is 0.00376. The standard InChI is InChI=1S/C21H23NO5/c1-27-18-10-8-16(9-11-18)19(23)6-3-7-20(24)22-13-12-15-4-2-5-17(14-15)21(25)26/h2,4-5,8-11,14H,3,6-7,12-13H2,1H3,(H,22,24)(H,25,26). The van der Waals surface area contributed by atoms with Gasteiger partial charge < -0.3 is 15.2 Å². The number of aromatic carboxylic acids is 1. The molecule has 1 amide bonds. The largest absolute Gasteiger partial charge is 0.497 e. The van der Waals surface area contributed by atoms with Gasteiger partial charge in [-0.25, -0.2) is 4.79 Å². The van der Waals surface area contributed by atoms with Gasteiger partial charge in [0.05, 0.1) is 12.7 Å². The van der Waals surface area contributed by atoms with Crippen molar-refractivity contribution in [1.82, 2.24) is 5.32 Å². The van der Waals surface area contributed by atoms with E-state index in [1.165, 1.54) is 6.07 Å². The number of hydrogen-bond donors (Lipinski definition) is 2. The van der Waals surface area contributed by atoms with Crippen molar-refractivity contribution < 1.29 is 24.2 Å². The number of rotatable bonds is 10. The molecule has 0 saturated heterocycles. The summed E-state index contributed by atoms with van der Waals surface area (Å²) in [5, 5.41) is 11.8. The zero-order valence-electron chi connectivity index (χ0n) is 15.2. The van der Waals surface area contributed by atoms with Crippen LogP contribution in [0.3, 0.4) is 0 Å². The number of amides is 1. The van der Waals surface area contributed by atoms with Crippen molar-refractivity contribution in [3.05, 3.63) is 65.2 Å². The molecule has 0 saturated carbocycles. The van der Waals surface area contributed by atoms with E-state index in [0.717, 1.165) is 5.56 Å². The van der Waals surface area contributed by atoms with Crippen molar-refractivity contribution in [3.63, 3.8) is 0 Å². The van der Waals surface area contributed by atoms with Crippen LogP contribution in [0.1, 0.15) is 45.5 Å². The van der Waals surface area contributed by atoms with Gasteiger partial charge in [0.1, 0.15) is 5.75 Å². The van der Waals surface area contributed by atoms with Crippen molar-refractivity contribution in [2.45, 2.75) is 25.7 Å². The van der Waals surface area contributed by atoms with Crippen LogP contribution in [0.25, 0.3) is 0 Å². The van der Waals surface area contributed by atoms with E-state index in [-0.39, 0.29) is 23.7 Å². The molecule has 2 N–H and O–H groups in total. The molecule has 27 heavy (non-hydrogen) atoms. The zero-order valence-corrected chi connectivity index (χ0v) is 15.2. The van der Waals surface area contributed by atoms with Crippen LogP contribution in [0.4, 0.5) is 0 Å². The topological polar surface area (TPSA) is 92.7 Å². The van der Waals surface area contributed by atoms with Crippen LogP contribution >= 0.6 is 0 Å². The Morgan fingerprint density at radius 3 is 2.41 bits per heavy atom. The number of benzene rings is 2. The summed E-state index contributed by atoms with van der Waals surface area (Å²) in [5.41, 5.74) is 1.69. The van der Waals surface area contributed by atoms with Gasteiger partial charge in [0.2, 0.25) is 5.91 Å². The molecule has 0 unspecified atom stereocenters. The van der Waals surface area contributed by atoms with Gasteiger partial charge in [-0.3, -0.25) is 9.59 Å². The van der Waals surface area contributed by atoms with Crippen LogP contribution < -0.4 is 10.1 Å². The summed E-state index contributed by atoms with van der Waals surface area (Å²) < 4.78 is 5.06. The number of carboxylic acids is 1. The number of carbonyl (C=O) groups is 3. The monoisotopic (exact) mass is 369 g/mol. The molecule has 0 radical (unpaired) electrons. The molecule has 0 aliphatic carbocycles. The lowest BCUT2D eigenvalue weighted by Crippen LogP contribution is -2.25. The highest BCUT2D eigenvalue weighted by molar-refractivity contribution is 5.96. The summed E-state index contributed by atoms with van der Waals surface area (Å²) in [6, 6.07) is 13.5. The Morgan fingerprint density at radius 2 is 1.74 bits per heavy atom. The first kappa shape index (κ1) is 20.2. The molecule has 0 bridgehead atoms. The van der Waals surface area contributed by atoms with Crippen molar-refractivity contribution in [2.75, 3.05) is 13.7 Å². The lowest BCUT2D eigenvalue weighted by Gasteiger charge is -2.06. The smallest absolute Gasteiger partial charge is 0.335 e. The fourth-order valence-corrected chi connectivity index (χ4v) is 2.63. The number of Topliss-reactive ketones (excluding diaryl/α,β-unsaturated/α-hetero) is 1. The predicted octanol–water partition coefficient (Wildman–Crippen LogP) is 3.11. The average Bonchev–Trinajstić information content (AvgIpc) is 2.68. The van der Waals surface area contributed by atoms with Crippen molar-refractivity contribution in [1.29, 1.82) is 0 Å². The summed E-state index contributed by atoms with van der Waals surface area (Å²) in [6.07, 6.45) is 1.61. The van der Waals surface area contributed by atoms with Gasteiger partial charge in [-0.1, -0.05) is 12.1 Å². The van der Waals surface area contributed by atoms with E-state index >= 15 is 0 Å². The van der Waals surface area contributed by atoms with Gasteiger partial charge in [-0.2, -0.15) is 0 Å². The third-order valence-corrected chi connectivity index (χ3v) is 4.13. The molecule has 0 aliphatic heterocycles. The highest BCUT2D eigenvalue weighted by Gasteiger charge is 2.08. The molecule has 0 aromatic heterocycles. The normalized spacial score (nSPS) is 10.3. The van der Waals surface area contributed by atoms with Crippen LogP contribution in [-0.2, 0) is 11.2 Å². The number of hydrogen-bond acceptors (Lipinski definition) is 4. The van der Waals surface area contributed by atoms with E-state index in [9.17, 15) is 14.4 Å². The lowest BCUT2D eigenvalue weighted by molar-refractivity contribution is -0.121. The second-order valence-electron chi connectivity index (χ2n) is 6.11. The molecule has 0 fully saturated rings. The SMILES string of the molecule is COc1ccc(C(=O)CCCC(=O)NCCc2cccc(C(=O)O)c2)cc1. The Labute approximate surface area is 158 Å². The Morgan fingerprint density at radius 1 is 1.00 bits per heavy atom. The van der Waals surface area contributed by atoms with Gasteiger partial charge in [-0.15, -0.1) is 0 Å². The average molecular weight is 369 g/mol. The van der Waals surface area contributed by atoms with Gasteiger partial charge in [0, 0.05) is 24.9 Å². The summed E-state index contributed by atoms with van der Waals surface area (Å²) in [5.74, 6) is -0.398. The highest BCUT2D eigenvalue weighted by atomic mass is 16.5. The molecule has 6 nitrogen and oxygen atoms in total. The molecule has 2 aromatic carbocycles. The van der Waals surface area contributed by atoms with Gasteiger partial charge in [0.15, 0.2) is 5.78 Å². The Bertz CT molecular complexity index is 798. The molecule has 0 heterocycles. The van der Waals surface area contributed by atoms with E-state index in [1.807, 2.05) is 6.07 Å².